The molecule has 0 fully saturated rings. The quantitative estimate of drug-likeness (QED) is 0.187. The molecule has 0 saturated carbocycles. The second-order valence-corrected chi connectivity index (χ2v) is 16.6. The van der Waals surface area contributed by atoms with Crippen molar-refractivity contribution in [1.82, 2.24) is 10.6 Å². The van der Waals surface area contributed by atoms with Gasteiger partial charge >= 0.3 is 12.1 Å². The van der Waals surface area contributed by atoms with Crippen molar-refractivity contribution in [3.05, 3.63) is 96.6 Å². The number of rotatable bonds is 11. The lowest BCUT2D eigenvalue weighted by molar-refractivity contribution is -0.156. The fraction of sp³-hybridized carbons (Fsp3) is 0.382. The lowest BCUT2D eigenvalue weighted by Crippen LogP contribution is -2.70. The molecule has 3 aromatic rings. The molecule has 0 aliphatic rings. The first-order valence-electron chi connectivity index (χ1n) is 14.6. The first-order valence-corrected chi connectivity index (χ1v) is 16.5. The van der Waals surface area contributed by atoms with Gasteiger partial charge in [-0.25, -0.2) is 9.59 Å². The number of benzene rings is 3. The zero-order chi connectivity index (χ0) is 31.7. The Balaban J connectivity index is 2.06. The Bertz CT molecular complexity index is 1300. The van der Waals surface area contributed by atoms with Crippen molar-refractivity contribution in [2.45, 2.75) is 77.8 Å². The van der Waals surface area contributed by atoms with Crippen LogP contribution in [0.2, 0.25) is 5.04 Å². The first kappa shape index (κ1) is 33.5. The van der Waals surface area contributed by atoms with E-state index in [-0.39, 0.29) is 13.0 Å². The van der Waals surface area contributed by atoms with Crippen molar-refractivity contribution in [3.63, 3.8) is 0 Å². The lowest BCUT2D eigenvalue weighted by Gasteiger charge is -2.44. The fourth-order valence-electron chi connectivity index (χ4n) is 4.96. The minimum Gasteiger partial charge on any atom is -0.463 e. The predicted octanol–water partition coefficient (Wildman–Crippen LogP) is 4.70. The van der Waals surface area contributed by atoms with E-state index >= 15 is 0 Å². The fourth-order valence-corrected chi connectivity index (χ4v) is 9.48. The topological polar surface area (TPSA) is 103 Å². The molecule has 0 spiro atoms. The van der Waals surface area contributed by atoms with Crippen LogP contribution in [0.5, 0.6) is 0 Å². The number of hydrogen-bond donors (Lipinski definition) is 2. The number of carbonyl (C=O) groups is 3. The minimum atomic E-state index is -3.27. The molecule has 0 aromatic heterocycles. The van der Waals surface area contributed by atoms with Crippen molar-refractivity contribution in [2.24, 2.45) is 0 Å². The second-order valence-electron chi connectivity index (χ2n) is 12.3. The molecule has 8 nitrogen and oxygen atoms in total. The van der Waals surface area contributed by atoms with Gasteiger partial charge in [-0.3, -0.25) is 4.79 Å². The molecule has 0 bridgehead atoms. The van der Waals surface area contributed by atoms with E-state index in [1.807, 2.05) is 91.0 Å². The molecule has 0 heterocycles. The number of esters is 1. The van der Waals surface area contributed by atoms with Gasteiger partial charge in [-0.2, -0.15) is 0 Å². The molecule has 3 rings (SSSR count). The van der Waals surface area contributed by atoms with Crippen LogP contribution in [-0.4, -0.2) is 50.8 Å². The Kier molecular flexibility index (Phi) is 11.3. The molecule has 0 saturated heterocycles. The maximum absolute atomic E-state index is 13.9. The predicted molar refractivity (Wildman–Crippen MR) is 171 cm³/mol. The van der Waals surface area contributed by atoms with E-state index < -0.39 is 49.2 Å². The molecular formula is C34H44N2O6Si. The standard InChI is InChI=1S/C34H44N2O6Si/c1-8-40-31(38)30(36-29(37)28(24-25-18-12-9-13-19-25)35-32(39)41-33(2,3)4)42-43(34(5,6)7,26-20-14-10-15-21-26)27-22-16-11-17-23-27/h9-23,28,30H,8,24H2,1-7H3,(H,35,39)(H,36,37)/t28-,30?/m0/s1. The van der Waals surface area contributed by atoms with E-state index in [0.717, 1.165) is 15.9 Å². The van der Waals surface area contributed by atoms with Crippen LogP contribution in [-0.2, 0) is 29.9 Å². The highest BCUT2D eigenvalue weighted by atomic mass is 28.4. The summed E-state index contributed by atoms with van der Waals surface area (Å²) >= 11 is 0. The van der Waals surface area contributed by atoms with Gasteiger partial charge in [0.05, 0.1) is 6.61 Å². The van der Waals surface area contributed by atoms with E-state index in [1.54, 1.807) is 27.7 Å². The van der Waals surface area contributed by atoms with Crippen molar-refractivity contribution in [3.8, 4) is 0 Å². The molecule has 0 aliphatic heterocycles. The highest BCUT2D eigenvalue weighted by Crippen LogP contribution is 2.37. The summed E-state index contributed by atoms with van der Waals surface area (Å²) in [6.07, 6.45) is -2.03. The number of nitrogens with one attached hydrogen (secondary N) is 2. The highest BCUT2D eigenvalue weighted by Gasteiger charge is 2.53. The Hall–Kier alpha value is -3.95. The number of carbonyl (C=O) groups excluding carboxylic acids is 3. The summed E-state index contributed by atoms with van der Waals surface area (Å²) in [5, 5.41) is 6.87. The summed E-state index contributed by atoms with van der Waals surface area (Å²) in [5.41, 5.74) is 0.0526. The zero-order valence-electron chi connectivity index (χ0n) is 26.2. The molecule has 230 valence electrons. The summed E-state index contributed by atoms with van der Waals surface area (Å²) in [5.74, 6) is -1.33. The average Bonchev–Trinajstić information content (AvgIpc) is 2.94. The summed E-state index contributed by atoms with van der Waals surface area (Å²) in [7, 11) is -3.27. The van der Waals surface area contributed by atoms with Gasteiger partial charge in [-0.15, -0.1) is 0 Å². The van der Waals surface area contributed by atoms with E-state index in [0.29, 0.717) is 0 Å². The van der Waals surface area contributed by atoms with Crippen molar-refractivity contribution in [2.75, 3.05) is 6.61 Å². The monoisotopic (exact) mass is 604 g/mol. The van der Waals surface area contributed by atoms with E-state index in [9.17, 15) is 14.4 Å². The maximum atomic E-state index is 13.9. The van der Waals surface area contributed by atoms with Crippen LogP contribution in [0.4, 0.5) is 4.79 Å². The lowest BCUT2D eigenvalue weighted by atomic mass is 10.1. The van der Waals surface area contributed by atoms with Crippen molar-refractivity contribution < 1.29 is 28.3 Å². The van der Waals surface area contributed by atoms with Gasteiger partial charge in [0.15, 0.2) is 0 Å². The Labute approximate surface area is 256 Å². The molecule has 43 heavy (non-hydrogen) atoms. The molecule has 2 atom stereocenters. The third-order valence-corrected chi connectivity index (χ3v) is 11.8. The van der Waals surface area contributed by atoms with E-state index in [4.69, 9.17) is 13.9 Å². The molecule has 1 unspecified atom stereocenters. The summed E-state index contributed by atoms with van der Waals surface area (Å²) < 4.78 is 17.8. The molecule has 2 N–H and O–H groups in total. The van der Waals surface area contributed by atoms with Gasteiger partial charge in [-0.1, -0.05) is 112 Å². The first-order chi connectivity index (χ1) is 20.3. The summed E-state index contributed by atoms with van der Waals surface area (Å²) in [4.78, 5) is 40.2. The van der Waals surface area contributed by atoms with Crippen molar-refractivity contribution >= 4 is 36.7 Å². The van der Waals surface area contributed by atoms with E-state index in [1.165, 1.54) is 0 Å². The van der Waals surface area contributed by atoms with Crippen LogP contribution < -0.4 is 21.0 Å². The van der Waals surface area contributed by atoms with Crippen LogP contribution in [0, 0.1) is 0 Å². The third kappa shape index (κ3) is 9.02. The van der Waals surface area contributed by atoms with Crippen LogP contribution >= 0.6 is 0 Å². The average molecular weight is 605 g/mol. The van der Waals surface area contributed by atoms with Gasteiger partial charge < -0.3 is 24.5 Å². The van der Waals surface area contributed by atoms with Crippen LogP contribution in [0.25, 0.3) is 0 Å². The largest absolute Gasteiger partial charge is 0.463 e. The van der Waals surface area contributed by atoms with E-state index in [2.05, 4.69) is 31.4 Å². The molecule has 0 aliphatic carbocycles. The highest BCUT2D eigenvalue weighted by molar-refractivity contribution is 6.99. The smallest absolute Gasteiger partial charge is 0.408 e. The zero-order valence-corrected chi connectivity index (χ0v) is 27.2. The number of amides is 2. The van der Waals surface area contributed by atoms with Crippen LogP contribution in [0.15, 0.2) is 91.0 Å². The van der Waals surface area contributed by atoms with Crippen molar-refractivity contribution in [1.29, 1.82) is 0 Å². The Morgan fingerprint density at radius 2 is 1.23 bits per heavy atom. The van der Waals surface area contributed by atoms with Crippen LogP contribution in [0.1, 0.15) is 54.0 Å². The SMILES string of the molecule is CCOC(=O)C(NC(=O)[C@H](Cc1ccccc1)NC(=O)OC(C)(C)C)O[Si](c1ccccc1)(c1ccccc1)C(C)(C)C. The Morgan fingerprint density at radius 3 is 1.67 bits per heavy atom. The Morgan fingerprint density at radius 1 is 0.744 bits per heavy atom. The second kappa shape index (κ2) is 14.5. The van der Waals surface area contributed by atoms with Gasteiger partial charge in [0.2, 0.25) is 12.1 Å². The molecule has 2 amide bonds. The van der Waals surface area contributed by atoms with Gasteiger partial charge in [0.1, 0.15) is 11.6 Å². The number of alkyl carbamates (subject to hydrolysis) is 1. The van der Waals surface area contributed by atoms with Gasteiger partial charge in [0.25, 0.3) is 8.32 Å². The molecule has 0 radical (unpaired) electrons. The molecule has 3 aromatic carbocycles. The summed E-state index contributed by atoms with van der Waals surface area (Å²) in [6, 6.07) is 27.8. The molecule has 9 heteroatoms. The molecular weight excluding hydrogens is 560 g/mol. The minimum absolute atomic E-state index is 0.0961. The normalized spacial score (nSPS) is 13.4. The summed E-state index contributed by atoms with van der Waals surface area (Å²) in [6.45, 7) is 13.2. The number of hydrogen-bond acceptors (Lipinski definition) is 6. The number of ether oxygens (including phenoxy) is 2. The van der Waals surface area contributed by atoms with Gasteiger partial charge in [0, 0.05) is 6.42 Å². The van der Waals surface area contributed by atoms with Crippen LogP contribution in [0.3, 0.4) is 0 Å². The van der Waals surface area contributed by atoms with Gasteiger partial charge in [-0.05, 0) is 48.7 Å². The maximum Gasteiger partial charge on any atom is 0.408 e. The third-order valence-electron chi connectivity index (χ3n) is 6.78.